The molecule has 28 heavy (non-hydrogen) atoms. The molecule has 0 radical (unpaired) electrons. The second-order valence-electron chi connectivity index (χ2n) is 5.88. The first-order valence-electron chi connectivity index (χ1n) is 8.44. The van der Waals surface area contributed by atoms with Crippen LogP contribution in [0.4, 0.5) is 4.39 Å². The zero-order valence-corrected chi connectivity index (χ0v) is 17.6. The number of amides is 1. The third-order valence-corrected chi connectivity index (χ3v) is 5.71. The topological polar surface area (TPSA) is 38.8 Å². The molecular formula is C20H17ClFNO3S2. The van der Waals surface area contributed by atoms with Gasteiger partial charge in [0.1, 0.15) is 16.7 Å². The van der Waals surface area contributed by atoms with Crippen molar-refractivity contribution < 1.29 is 18.7 Å². The quantitative estimate of drug-likeness (QED) is 0.453. The van der Waals surface area contributed by atoms with E-state index in [1.165, 1.54) is 22.7 Å². The van der Waals surface area contributed by atoms with Crippen molar-refractivity contribution in [2.75, 3.05) is 13.7 Å². The largest absolute Gasteiger partial charge is 0.490 e. The van der Waals surface area contributed by atoms with E-state index in [1.54, 1.807) is 43.5 Å². The molecule has 0 unspecified atom stereocenters. The van der Waals surface area contributed by atoms with Gasteiger partial charge < -0.3 is 9.47 Å². The van der Waals surface area contributed by atoms with Gasteiger partial charge >= 0.3 is 0 Å². The molecule has 1 aliphatic heterocycles. The Bertz CT molecular complexity index is 964. The maximum atomic E-state index is 13.8. The standard InChI is InChI=1S/C20H17ClFNO3S2/c1-3-25-16-9-12(10-17-19(24)23(2)20(27)28-17)8-14(21)18(16)26-11-13-6-4-5-7-15(13)22/h4-10H,3,11H2,1-2H3/b17-10+. The van der Waals surface area contributed by atoms with Crippen molar-refractivity contribution in [3.8, 4) is 11.5 Å². The van der Waals surface area contributed by atoms with Crippen LogP contribution in [0.25, 0.3) is 6.08 Å². The number of nitrogens with zero attached hydrogens (tertiary/aromatic N) is 1. The lowest BCUT2D eigenvalue weighted by Gasteiger charge is -2.15. The van der Waals surface area contributed by atoms with E-state index < -0.39 is 0 Å². The van der Waals surface area contributed by atoms with Crippen LogP contribution in [0.3, 0.4) is 0 Å². The van der Waals surface area contributed by atoms with E-state index >= 15 is 0 Å². The molecule has 1 heterocycles. The Balaban J connectivity index is 1.89. The van der Waals surface area contributed by atoms with Crippen molar-refractivity contribution in [1.82, 2.24) is 4.90 Å². The van der Waals surface area contributed by atoms with Crippen LogP contribution < -0.4 is 9.47 Å². The van der Waals surface area contributed by atoms with Gasteiger partial charge in [-0.2, -0.15) is 0 Å². The SMILES string of the molecule is CCOc1cc(/C=C2/SC(=S)N(C)C2=O)cc(Cl)c1OCc1ccccc1F. The lowest BCUT2D eigenvalue weighted by molar-refractivity contribution is -0.121. The third kappa shape index (κ3) is 4.48. The van der Waals surface area contributed by atoms with Crippen molar-refractivity contribution >= 4 is 51.9 Å². The maximum absolute atomic E-state index is 13.8. The van der Waals surface area contributed by atoms with Crippen LogP contribution in [0.2, 0.25) is 5.02 Å². The fourth-order valence-electron chi connectivity index (χ4n) is 2.54. The molecular weight excluding hydrogens is 421 g/mol. The number of rotatable bonds is 6. The minimum Gasteiger partial charge on any atom is -0.490 e. The molecule has 0 atom stereocenters. The summed E-state index contributed by atoms with van der Waals surface area (Å²) in [7, 11) is 1.64. The number of thioether (sulfide) groups is 1. The number of ether oxygens (including phenoxy) is 2. The molecule has 1 amide bonds. The summed E-state index contributed by atoms with van der Waals surface area (Å²) in [4.78, 5) is 14.1. The van der Waals surface area contributed by atoms with Crippen LogP contribution in [-0.2, 0) is 11.4 Å². The molecule has 1 aliphatic rings. The molecule has 0 aliphatic carbocycles. The Hall–Kier alpha value is -2.09. The minimum absolute atomic E-state index is 0.0142. The lowest BCUT2D eigenvalue weighted by atomic mass is 10.1. The molecule has 0 saturated carbocycles. The van der Waals surface area contributed by atoms with Gasteiger partial charge in [0.2, 0.25) is 0 Å². The van der Waals surface area contributed by atoms with E-state index in [1.807, 2.05) is 6.92 Å². The first kappa shape index (κ1) is 20.6. The summed E-state index contributed by atoms with van der Waals surface area (Å²) in [5.74, 6) is 0.232. The van der Waals surface area contributed by atoms with Gasteiger partial charge in [-0.15, -0.1) is 0 Å². The molecule has 0 spiro atoms. The van der Waals surface area contributed by atoms with Crippen LogP contribution >= 0.6 is 35.6 Å². The number of likely N-dealkylation sites (N-methyl/N-ethyl adjacent to an activating group) is 1. The van der Waals surface area contributed by atoms with E-state index in [-0.39, 0.29) is 18.3 Å². The zero-order valence-electron chi connectivity index (χ0n) is 15.2. The zero-order chi connectivity index (χ0) is 20.3. The predicted octanol–water partition coefficient (Wildman–Crippen LogP) is 5.29. The van der Waals surface area contributed by atoms with E-state index in [4.69, 9.17) is 33.3 Å². The average molecular weight is 438 g/mol. The summed E-state index contributed by atoms with van der Waals surface area (Å²) in [5, 5.41) is 0.306. The molecule has 0 N–H and O–H groups in total. The van der Waals surface area contributed by atoms with Gasteiger partial charge in [-0.1, -0.05) is 53.8 Å². The Morgan fingerprint density at radius 2 is 2.04 bits per heavy atom. The highest BCUT2D eigenvalue weighted by molar-refractivity contribution is 8.26. The number of thiocarbonyl (C=S) groups is 1. The van der Waals surface area contributed by atoms with Crippen molar-refractivity contribution in [2.45, 2.75) is 13.5 Å². The molecule has 1 saturated heterocycles. The molecule has 1 fully saturated rings. The molecule has 4 nitrogen and oxygen atoms in total. The Morgan fingerprint density at radius 3 is 2.68 bits per heavy atom. The molecule has 3 rings (SSSR count). The number of carbonyl (C=O) groups is 1. The van der Waals surface area contributed by atoms with E-state index in [0.29, 0.717) is 43.5 Å². The van der Waals surface area contributed by atoms with Crippen LogP contribution in [0.5, 0.6) is 11.5 Å². The van der Waals surface area contributed by atoms with Gasteiger partial charge in [0.15, 0.2) is 11.5 Å². The summed E-state index contributed by atoms with van der Waals surface area (Å²) in [6, 6.07) is 9.77. The third-order valence-electron chi connectivity index (χ3n) is 3.95. The molecule has 2 aromatic carbocycles. The average Bonchev–Trinajstić information content (AvgIpc) is 2.89. The molecule has 0 aromatic heterocycles. The van der Waals surface area contributed by atoms with Crippen molar-refractivity contribution in [1.29, 1.82) is 0 Å². The van der Waals surface area contributed by atoms with Crippen molar-refractivity contribution in [3.05, 3.63) is 63.3 Å². The second-order valence-corrected chi connectivity index (χ2v) is 7.97. The normalized spacial score (nSPS) is 15.4. The van der Waals surface area contributed by atoms with E-state index in [0.717, 1.165) is 0 Å². The molecule has 0 bridgehead atoms. The number of benzene rings is 2. The summed E-state index contributed by atoms with van der Waals surface area (Å²) in [5.41, 5.74) is 1.09. The van der Waals surface area contributed by atoms with Crippen LogP contribution in [0, 0.1) is 5.82 Å². The van der Waals surface area contributed by atoms with E-state index in [2.05, 4.69) is 0 Å². The van der Waals surface area contributed by atoms with Gasteiger partial charge in [0.05, 0.1) is 16.5 Å². The first-order valence-corrected chi connectivity index (χ1v) is 10.0. The highest BCUT2D eigenvalue weighted by atomic mass is 35.5. The number of hydrogen-bond acceptors (Lipinski definition) is 5. The fraction of sp³-hybridized carbons (Fsp3) is 0.200. The Kier molecular flexibility index (Phi) is 6.59. The highest BCUT2D eigenvalue weighted by Gasteiger charge is 2.28. The predicted molar refractivity (Wildman–Crippen MR) is 114 cm³/mol. The van der Waals surface area contributed by atoms with Crippen LogP contribution in [-0.4, -0.2) is 28.8 Å². The smallest absolute Gasteiger partial charge is 0.265 e. The summed E-state index contributed by atoms with van der Waals surface area (Å²) in [6.45, 7) is 2.25. The minimum atomic E-state index is -0.352. The van der Waals surface area contributed by atoms with Gasteiger partial charge in [0.25, 0.3) is 5.91 Å². The second kappa shape index (κ2) is 8.94. The van der Waals surface area contributed by atoms with E-state index in [9.17, 15) is 9.18 Å². The fourth-order valence-corrected chi connectivity index (χ4v) is 3.99. The van der Waals surface area contributed by atoms with Crippen LogP contribution in [0.1, 0.15) is 18.1 Å². The maximum Gasteiger partial charge on any atom is 0.265 e. The van der Waals surface area contributed by atoms with Crippen molar-refractivity contribution in [3.63, 3.8) is 0 Å². The molecule has 8 heteroatoms. The monoisotopic (exact) mass is 437 g/mol. The first-order chi connectivity index (χ1) is 13.4. The van der Waals surface area contributed by atoms with Gasteiger partial charge in [-0.05, 0) is 36.8 Å². The number of halogens is 2. The Labute approximate surface area is 177 Å². The van der Waals surface area contributed by atoms with Gasteiger partial charge in [-0.25, -0.2) is 4.39 Å². The molecule has 2 aromatic rings. The van der Waals surface area contributed by atoms with Crippen LogP contribution in [0.15, 0.2) is 41.3 Å². The van der Waals surface area contributed by atoms with Crippen molar-refractivity contribution in [2.24, 2.45) is 0 Å². The lowest BCUT2D eigenvalue weighted by Crippen LogP contribution is -2.22. The van der Waals surface area contributed by atoms with Gasteiger partial charge in [-0.3, -0.25) is 9.69 Å². The highest BCUT2D eigenvalue weighted by Crippen LogP contribution is 2.39. The summed E-state index contributed by atoms with van der Waals surface area (Å²) in [6.07, 6.45) is 1.71. The van der Waals surface area contributed by atoms with Gasteiger partial charge in [0, 0.05) is 12.6 Å². The summed E-state index contributed by atoms with van der Waals surface area (Å²) >= 11 is 12.8. The number of carbonyl (C=O) groups excluding carboxylic acids is 1. The summed E-state index contributed by atoms with van der Waals surface area (Å²) < 4.78 is 25.7. The number of hydrogen-bond donors (Lipinski definition) is 0. The Morgan fingerprint density at radius 1 is 1.29 bits per heavy atom. The molecule has 146 valence electrons.